The number of carbonyl (C=O) groups excluding carboxylic acids is 3. The van der Waals surface area contributed by atoms with E-state index in [2.05, 4.69) is 15.8 Å². The Balaban J connectivity index is 2.49. The molecule has 0 aliphatic carbocycles. The summed E-state index contributed by atoms with van der Waals surface area (Å²) in [6.07, 6.45) is 0.926. The van der Waals surface area contributed by atoms with Crippen LogP contribution in [0.1, 0.15) is 20.3 Å². The Bertz CT molecular complexity index is 506. The van der Waals surface area contributed by atoms with Gasteiger partial charge in [0.2, 0.25) is 5.91 Å². The first-order chi connectivity index (χ1) is 8.97. The van der Waals surface area contributed by atoms with E-state index in [9.17, 15) is 14.4 Å². The topological polar surface area (TPSA) is 87.6 Å². The Morgan fingerprint density at radius 2 is 1.68 bits per heavy atom. The predicted molar refractivity (Wildman–Crippen MR) is 73.2 cm³/mol. The van der Waals surface area contributed by atoms with Crippen LogP contribution < -0.4 is 10.7 Å². The highest BCUT2D eigenvalue weighted by molar-refractivity contribution is 6.31. The smallest absolute Gasteiger partial charge is 0.221 e. The molecule has 2 N–H and O–H groups in total. The van der Waals surface area contributed by atoms with Crippen molar-refractivity contribution < 1.29 is 14.4 Å². The van der Waals surface area contributed by atoms with Gasteiger partial charge >= 0.3 is 0 Å². The molecular weight excluding hydrogens is 246 g/mol. The standard InChI is InChI=1S/C13H15N3O3/c1-9(17)7-13(19)8-14-16-12-5-3-11(4-6-12)15-10(2)18/h3-6,8,16H,7H2,1-2H3,(H,15,18). The van der Waals surface area contributed by atoms with Crippen molar-refractivity contribution in [3.8, 4) is 0 Å². The molecule has 0 aliphatic rings. The second-order valence-corrected chi connectivity index (χ2v) is 3.97. The van der Waals surface area contributed by atoms with Crippen molar-refractivity contribution in [2.75, 3.05) is 10.7 Å². The number of nitrogens with one attached hydrogen (secondary N) is 2. The molecule has 0 bridgehead atoms. The van der Waals surface area contributed by atoms with Crippen molar-refractivity contribution in [1.29, 1.82) is 0 Å². The Kier molecular flexibility index (Phi) is 5.40. The maximum absolute atomic E-state index is 11.2. The van der Waals surface area contributed by atoms with E-state index in [0.717, 1.165) is 6.21 Å². The molecular formula is C13H15N3O3. The third kappa shape index (κ3) is 6.11. The van der Waals surface area contributed by atoms with Crippen molar-refractivity contribution >= 4 is 35.1 Å². The molecule has 0 fully saturated rings. The van der Waals surface area contributed by atoms with E-state index < -0.39 is 0 Å². The maximum atomic E-state index is 11.2. The summed E-state index contributed by atoms with van der Waals surface area (Å²) < 4.78 is 0. The lowest BCUT2D eigenvalue weighted by molar-refractivity contribution is -0.122. The molecule has 0 aromatic heterocycles. The van der Waals surface area contributed by atoms with Crippen LogP contribution >= 0.6 is 0 Å². The minimum absolute atomic E-state index is 0.145. The van der Waals surface area contributed by atoms with Crippen LogP contribution in [-0.4, -0.2) is 23.7 Å². The number of hydrazone groups is 1. The first-order valence-corrected chi connectivity index (χ1v) is 5.66. The van der Waals surface area contributed by atoms with Gasteiger partial charge in [-0.25, -0.2) is 0 Å². The summed E-state index contributed by atoms with van der Waals surface area (Å²) in [5.74, 6) is -0.695. The summed E-state index contributed by atoms with van der Waals surface area (Å²) in [4.78, 5) is 32.7. The fraction of sp³-hybridized carbons (Fsp3) is 0.231. The highest BCUT2D eigenvalue weighted by atomic mass is 16.2. The number of rotatable bonds is 6. The number of carbonyl (C=O) groups is 3. The van der Waals surface area contributed by atoms with E-state index in [1.54, 1.807) is 24.3 Å². The first-order valence-electron chi connectivity index (χ1n) is 5.66. The highest BCUT2D eigenvalue weighted by Gasteiger charge is 2.01. The van der Waals surface area contributed by atoms with E-state index >= 15 is 0 Å². The number of hydrogen-bond acceptors (Lipinski definition) is 5. The minimum atomic E-state index is -0.352. The molecule has 6 nitrogen and oxygen atoms in total. The van der Waals surface area contributed by atoms with Gasteiger partial charge in [0.05, 0.1) is 18.3 Å². The minimum Gasteiger partial charge on any atom is -0.326 e. The number of benzene rings is 1. The van der Waals surface area contributed by atoms with Crippen molar-refractivity contribution in [1.82, 2.24) is 0 Å². The summed E-state index contributed by atoms with van der Waals surface area (Å²) in [7, 11) is 0. The van der Waals surface area contributed by atoms with Crippen LogP contribution in [0.25, 0.3) is 0 Å². The number of ketones is 2. The molecule has 0 atom stereocenters. The van der Waals surface area contributed by atoms with Crippen LogP contribution in [0, 0.1) is 0 Å². The predicted octanol–water partition coefficient (Wildman–Crippen LogP) is 1.59. The van der Waals surface area contributed by atoms with Gasteiger partial charge in [0.1, 0.15) is 5.78 Å². The van der Waals surface area contributed by atoms with E-state index in [0.29, 0.717) is 11.4 Å². The van der Waals surface area contributed by atoms with Crippen molar-refractivity contribution in [3.05, 3.63) is 24.3 Å². The second-order valence-electron chi connectivity index (χ2n) is 3.97. The number of anilines is 2. The molecule has 0 spiro atoms. The Morgan fingerprint density at radius 3 is 2.21 bits per heavy atom. The molecule has 19 heavy (non-hydrogen) atoms. The van der Waals surface area contributed by atoms with E-state index in [-0.39, 0.29) is 23.9 Å². The van der Waals surface area contributed by atoms with Gasteiger partial charge in [-0.3, -0.25) is 19.8 Å². The summed E-state index contributed by atoms with van der Waals surface area (Å²) >= 11 is 0. The molecule has 100 valence electrons. The lowest BCUT2D eigenvalue weighted by Gasteiger charge is -2.03. The van der Waals surface area contributed by atoms with Crippen LogP contribution in [0.4, 0.5) is 11.4 Å². The van der Waals surface area contributed by atoms with Gasteiger partial charge in [-0.05, 0) is 31.2 Å². The molecule has 1 aromatic rings. The van der Waals surface area contributed by atoms with E-state index in [1.807, 2.05) is 0 Å². The number of Topliss-reactive ketones (excluding diaryl/α,β-unsaturated/α-hetero) is 2. The van der Waals surface area contributed by atoms with Crippen molar-refractivity contribution in [3.63, 3.8) is 0 Å². The summed E-state index contributed by atoms with van der Waals surface area (Å²) in [5.41, 5.74) is 4.00. The lowest BCUT2D eigenvalue weighted by Crippen LogP contribution is -2.06. The summed E-state index contributed by atoms with van der Waals surface area (Å²) in [6.45, 7) is 2.77. The largest absolute Gasteiger partial charge is 0.326 e. The number of nitrogens with zero attached hydrogens (tertiary/aromatic N) is 1. The normalized spacial score (nSPS) is 10.2. The van der Waals surface area contributed by atoms with E-state index in [1.165, 1.54) is 13.8 Å². The van der Waals surface area contributed by atoms with Gasteiger partial charge in [0, 0.05) is 12.6 Å². The van der Waals surface area contributed by atoms with Gasteiger partial charge in [0.15, 0.2) is 5.78 Å². The Morgan fingerprint density at radius 1 is 1.11 bits per heavy atom. The Labute approximate surface area is 110 Å². The second kappa shape index (κ2) is 7.05. The average Bonchev–Trinajstić information content (AvgIpc) is 2.29. The van der Waals surface area contributed by atoms with Gasteiger partial charge in [0.25, 0.3) is 0 Å². The zero-order valence-electron chi connectivity index (χ0n) is 10.8. The summed E-state index contributed by atoms with van der Waals surface area (Å²) in [5, 5.41) is 6.35. The fourth-order valence-corrected chi connectivity index (χ4v) is 1.30. The molecule has 0 unspecified atom stereocenters. The number of hydrogen-bond donors (Lipinski definition) is 2. The number of amides is 1. The molecule has 1 rings (SSSR count). The zero-order valence-corrected chi connectivity index (χ0v) is 10.8. The van der Waals surface area contributed by atoms with Crippen LogP contribution in [-0.2, 0) is 14.4 Å². The fourth-order valence-electron chi connectivity index (χ4n) is 1.30. The van der Waals surface area contributed by atoms with Crippen molar-refractivity contribution in [2.45, 2.75) is 20.3 Å². The highest BCUT2D eigenvalue weighted by Crippen LogP contribution is 2.13. The average molecular weight is 261 g/mol. The first kappa shape index (κ1) is 14.6. The SMILES string of the molecule is CC(=O)CC(=O)C=NNc1ccc(NC(C)=O)cc1. The quantitative estimate of drug-likeness (QED) is 0.462. The third-order valence-electron chi connectivity index (χ3n) is 2.03. The van der Waals surface area contributed by atoms with Crippen LogP contribution in [0.3, 0.4) is 0 Å². The molecule has 0 radical (unpaired) electrons. The molecule has 0 aliphatic heterocycles. The van der Waals surface area contributed by atoms with Gasteiger partial charge in [-0.2, -0.15) is 5.10 Å². The van der Waals surface area contributed by atoms with Crippen LogP contribution in [0.15, 0.2) is 29.4 Å². The molecule has 1 aromatic carbocycles. The lowest BCUT2D eigenvalue weighted by atomic mass is 10.2. The molecule has 0 saturated heterocycles. The van der Waals surface area contributed by atoms with E-state index in [4.69, 9.17) is 0 Å². The van der Waals surface area contributed by atoms with Crippen LogP contribution in [0.2, 0.25) is 0 Å². The van der Waals surface area contributed by atoms with Gasteiger partial charge < -0.3 is 5.32 Å². The summed E-state index contributed by atoms with van der Waals surface area (Å²) in [6, 6.07) is 6.82. The van der Waals surface area contributed by atoms with Gasteiger partial charge in [-0.15, -0.1) is 0 Å². The monoisotopic (exact) mass is 261 g/mol. The third-order valence-corrected chi connectivity index (χ3v) is 2.03. The molecule has 1 amide bonds. The molecule has 6 heteroatoms. The molecule has 0 heterocycles. The Hall–Kier alpha value is -2.50. The zero-order chi connectivity index (χ0) is 14.3. The molecule has 0 saturated carbocycles. The van der Waals surface area contributed by atoms with Crippen molar-refractivity contribution in [2.24, 2.45) is 5.10 Å². The van der Waals surface area contributed by atoms with Gasteiger partial charge in [-0.1, -0.05) is 0 Å². The van der Waals surface area contributed by atoms with Crippen LogP contribution in [0.5, 0.6) is 0 Å². The maximum Gasteiger partial charge on any atom is 0.221 e.